The van der Waals surface area contributed by atoms with Gasteiger partial charge in [0.2, 0.25) is 17.6 Å². The van der Waals surface area contributed by atoms with Crippen molar-refractivity contribution < 1.29 is 9.32 Å². The topological polar surface area (TPSA) is 85.3 Å². The van der Waals surface area contributed by atoms with Crippen molar-refractivity contribution in [2.75, 3.05) is 6.54 Å². The van der Waals surface area contributed by atoms with E-state index < -0.39 is 0 Å². The van der Waals surface area contributed by atoms with E-state index in [-0.39, 0.29) is 11.8 Å². The number of hydrogen-bond acceptors (Lipinski definition) is 5. The number of primary amides is 1. The molecule has 0 bridgehead atoms. The number of benzene rings is 1. The predicted molar refractivity (Wildman–Crippen MR) is 86.5 cm³/mol. The van der Waals surface area contributed by atoms with Crippen molar-refractivity contribution in [3.63, 3.8) is 0 Å². The zero-order valence-electron chi connectivity index (χ0n) is 12.9. The minimum atomic E-state index is -0.243. The lowest BCUT2D eigenvalue weighted by atomic mass is 9.93. The molecule has 1 saturated heterocycles. The van der Waals surface area contributed by atoms with Crippen molar-refractivity contribution in [3.05, 3.63) is 35.2 Å². The molecule has 2 atom stereocenters. The molecule has 7 heteroatoms. The van der Waals surface area contributed by atoms with Crippen molar-refractivity contribution in [2.45, 2.75) is 32.4 Å². The fourth-order valence-corrected chi connectivity index (χ4v) is 3.06. The van der Waals surface area contributed by atoms with Crippen molar-refractivity contribution in [1.82, 2.24) is 15.0 Å². The number of halogens is 1. The third-order valence-corrected chi connectivity index (χ3v) is 4.54. The molecule has 0 unspecified atom stereocenters. The summed E-state index contributed by atoms with van der Waals surface area (Å²) >= 11 is 5.98. The number of likely N-dealkylation sites (tertiary alicyclic amines) is 1. The fourth-order valence-electron chi connectivity index (χ4n) is 2.87. The smallest absolute Gasteiger partial charge is 0.241 e. The molecule has 2 heterocycles. The average Bonchev–Trinajstić information content (AvgIpc) is 2.98. The number of carbonyl (C=O) groups excluding carboxylic acids is 1. The average molecular weight is 335 g/mol. The summed E-state index contributed by atoms with van der Waals surface area (Å²) in [6.07, 6.45) is 1.77. The highest BCUT2D eigenvalue weighted by Crippen LogP contribution is 2.24. The molecular formula is C16H19ClN4O2. The molecule has 6 nitrogen and oxygen atoms in total. The van der Waals surface area contributed by atoms with E-state index >= 15 is 0 Å². The number of nitrogens with two attached hydrogens (primary N) is 1. The minimum Gasteiger partial charge on any atom is -0.369 e. The Labute approximate surface area is 139 Å². The van der Waals surface area contributed by atoms with Crippen LogP contribution >= 0.6 is 11.6 Å². The standard InChI is InChI=1S/C16H19ClN4O2/c1-10-5-6-12(15(18)22)8-21(10)9-14-19-16(20-23-14)11-3-2-4-13(17)7-11/h2-4,7,10,12H,5-6,8-9H2,1H3,(H2,18,22)/t10-,12+/m0/s1. The Morgan fingerprint density at radius 3 is 3.04 bits per heavy atom. The Bertz CT molecular complexity index is 703. The third-order valence-electron chi connectivity index (χ3n) is 4.30. The van der Waals surface area contributed by atoms with Gasteiger partial charge in [-0.1, -0.05) is 28.9 Å². The molecule has 3 rings (SSSR count). The van der Waals surface area contributed by atoms with E-state index in [2.05, 4.69) is 22.0 Å². The number of rotatable bonds is 4. The quantitative estimate of drug-likeness (QED) is 0.928. The number of piperidine rings is 1. The van der Waals surface area contributed by atoms with Gasteiger partial charge in [-0.15, -0.1) is 0 Å². The van der Waals surface area contributed by atoms with Crippen LogP contribution in [-0.2, 0) is 11.3 Å². The van der Waals surface area contributed by atoms with Crippen LogP contribution in [0.2, 0.25) is 5.02 Å². The van der Waals surface area contributed by atoms with E-state index in [0.29, 0.717) is 35.9 Å². The highest BCUT2D eigenvalue weighted by Gasteiger charge is 2.29. The summed E-state index contributed by atoms with van der Waals surface area (Å²) in [5, 5.41) is 4.64. The molecule has 1 aliphatic rings. The Kier molecular flexibility index (Phi) is 4.63. The Hall–Kier alpha value is -1.92. The van der Waals surface area contributed by atoms with Crippen LogP contribution in [-0.4, -0.2) is 33.5 Å². The first kappa shape index (κ1) is 16.0. The van der Waals surface area contributed by atoms with E-state index in [1.165, 1.54) is 0 Å². The summed E-state index contributed by atoms with van der Waals surface area (Å²) in [6, 6.07) is 7.67. The summed E-state index contributed by atoms with van der Waals surface area (Å²) in [7, 11) is 0. The van der Waals surface area contributed by atoms with Crippen molar-refractivity contribution in [3.8, 4) is 11.4 Å². The molecule has 1 aliphatic heterocycles. The molecule has 2 N–H and O–H groups in total. The van der Waals surface area contributed by atoms with Gasteiger partial charge < -0.3 is 10.3 Å². The summed E-state index contributed by atoms with van der Waals surface area (Å²) in [5.74, 6) is 0.684. The molecule has 0 spiro atoms. The largest absolute Gasteiger partial charge is 0.369 e. The Morgan fingerprint density at radius 2 is 2.30 bits per heavy atom. The van der Waals surface area contributed by atoms with Gasteiger partial charge in [0.05, 0.1) is 12.5 Å². The van der Waals surface area contributed by atoms with Gasteiger partial charge in [-0.2, -0.15) is 4.98 Å². The SMILES string of the molecule is C[C@H]1CC[C@@H](C(N)=O)CN1Cc1nc(-c2cccc(Cl)c2)no1. The van der Waals surface area contributed by atoms with Crippen LogP contribution in [0.15, 0.2) is 28.8 Å². The molecule has 0 radical (unpaired) electrons. The lowest BCUT2D eigenvalue weighted by molar-refractivity contribution is -0.124. The van der Waals surface area contributed by atoms with Crippen LogP contribution < -0.4 is 5.73 Å². The van der Waals surface area contributed by atoms with E-state index in [1.54, 1.807) is 12.1 Å². The fraction of sp³-hybridized carbons (Fsp3) is 0.438. The second-order valence-corrected chi connectivity index (χ2v) is 6.41. The lowest BCUT2D eigenvalue weighted by Gasteiger charge is -2.35. The number of aromatic nitrogens is 2. The third kappa shape index (κ3) is 3.71. The monoisotopic (exact) mass is 334 g/mol. The second kappa shape index (κ2) is 6.68. The maximum Gasteiger partial charge on any atom is 0.241 e. The van der Waals surface area contributed by atoms with Gasteiger partial charge >= 0.3 is 0 Å². The van der Waals surface area contributed by atoms with E-state index in [9.17, 15) is 4.79 Å². The van der Waals surface area contributed by atoms with Gasteiger partial charge in [-0.3, -0.25) is 9.69 Å². The van der Waals surface area contributed by atoms with Crippen LogP contribution in [0.1, 0.15) is 25.7 Å². The van der Waals surface area contributed by atoms with Gasteiger partial charge in [0.15, 0.2) is 0 Å². The summed E-state index contributed by atoms with van der Waals surface area (Å²) < 4.78 is 5.34. The molecule has 122 valence electrons. The van der Waals surface area contributed by atoms with Crippen molar-refractivity contribution in [1.29, 1.82) is 0 Å². The maximum absolute atomic E-state index is 11.4. The molecule has 1 aromatic heterocycles. The van der Waals surface area contributed by atoms with Crippen LogP contribution in [0.5, 0.6) is 0 Å². The van der Waals surface area contributed by atoms with Crippen LogP contribution in [0, 0.1) is 5.92 Å². The van der Waals surface area contributed by atoms with E-state index in [4.69, 9.17) is 21.9 Å². The van der Waals surface area contributed by atoms with Gasteiger partial charge in [0, 0.05) is 23.2 Å². The summed E-state index contributed by atoms with van der Waals surface area (Å²) in [5.41, 5.74) is 6.25. The highest BCUT2D eigenvalue weighted by atomic mass is 35.5. The Balaban J connectivity index is 1.72. The molecule has 1 amide bonds. The molecule has 1 aromatic carbocycles. The van der Waals surface area contributed by atoms with Crippen LogP contribution in [0.3, 0.4) is 0 Å². The molecular weight excluding hydrogens is 316 g/mol. The van der Waals surface area contributed by atoms with Crippen molar-refractivity contribution >= 4 is 17.5 Å². The first-order valence-corrected chi connectivity index (χ1v) is 8.02. The first-order valence-electron chi connectivity index (χ1n) is 7.65. The lowest BCUT2D eigenvalue weighted by Crippen LogP contribution is -2.45. The molecule has 2 aromatic rings. The van der Waals surface area contributed by atoms with Gasteiger partial charge in [0.25, 0.3) is 0 Å². The minimum absolute atomic E-state index is 0.110. The Morgan fingerprint density at radius 1 is 1.48 bits per heavy atom. The highest BCUT2D eigenvalue weighted by molar-refractivity contribution is 6.30. The van der Waals surface area contributed by atoms with E-state index in [0.717, 1.165) is 18.4 Å². The number of carbonyl (C=O) groups is 1. The van der Waals surface area contributed by atoms with E-state index in [1.807, 2.05) is 12.1 Å². The molecule has 0 aliphatic carbocycles. The molecule has 1 fully saturated rings. The van der Waals surface area contributed by atoms with Gasteiger partial charge in [-0.25, -0.2) is 0 Å². The first-order chi connectivity index (χ1) is 11.0. The normalized spacial score (nSPS) is 22.2. The molecule has 0 saturated carbocycles. The number of hydrogen-bond donors (Lipinski definition) is 1. The summed E-state index contributed by atoms with van der Waals surface area (Å²) in [6.45, 7) is 3.27. The predicted octanol–water partition coefficient (Wildman–Crippen LogP) is 2.48. The number of nitrogens with zero attached hydrogens (tertiary/aromatic N) is 3. The summed E-state index contributed by atoms with van der Waals surface area (Å²) in [4.78, 5) is 18.0. The van der Waals surface area contributed by atoms with Crippen molar-refractivity contribution in [2.24, 2.45) is 11.7 Å². The van der Waals surface area contributed by atoms with Gasteiger partial charge in [-0.05, 0) is 31.9 Å². The maximum atomic E-state index is 11.4. The molecule has 23 heavy (non-hydrogen) atoms. The number of amides is 1. The van der Waals surface area contributed by atoms with Crippen LogP contribution in [0.25, 0.3) is 11.4 Å². The second-order valence-electron chi connectivity index (χ2n) is 5.98. The van der Waals surface area contributed by atoms with Crippen LogP contribution in [0.4, 0.5) is 0 Å². The zero-order valence-corrected chi connectivity index (χ0v) is 13.7. The zero-order chi connectivity index (χ0) is 16.4. The van der Waals surface area contributed by atoms with Gasteiger partial charge in [0.1, 0.15) is 0 Å².